The van der Waals surface area contributed by atoms with Crippen LogP contribution in [-0.2, 0) is 11.2 Å². The molecule has 6 heteroatoms. The lowest BCUT2D eigenvalue weighted by Crippen LogP contribution is -2.50. The van der Waals surface area contributed by atoms with E-state index in [4.69, 9.17) is 4.74 Å². The Hall–Kier alpha value is -0.950. The second kappa shape index (κ2) is 8.78. The fourth-order valence-corrected chi connectivity index (χ4v) is 3.95. The average molecular weight is 340 g/mol. The van der Waals surface area contributed by atoms with Crippen molar-refractivity contribution < 1.29 is 14.6 Å². The number of thiophene rings is 1. The summed E-state index contributed by atoms with van der Waals surface area (Å²) in [5.74, 6) is 0.146. The summed E-state index contributed by atoms with van der Waals surface area (Å²) in [7, 11) is 0. The second-order valence-corrected chi connectivity index (χ2v) is 7.21. The summed E-state index contributed by atoms with van der Waals surface area (Å²) >= 11 is 1.60. The molecule has 0 spiro atoms. The summed E-state index contributed by atoms with van der Waals surface area (Å²) in [4.78, 5) is 18.8. The molecule has 1 aliphatic rings. The molecule has 23 heavy (non-hydrogen) atoms. The van der Waals surface area contributed by atoms with Gasteiger partial charge < -0.3 is 14.7 Å². The Balaban J connectivity index is 1.82. The number of aliphatic hydroxyl groups is 1. The molecule has 0 saturated carbocycles. The molecule has 0 aliphatic carbocycles. The van der Waals surface area contributed by atoms with Crippen LogP contribution in [0.5, 0.6) is 0 Å². The molecule has 1 atom stereocenters. The topological polar surface area (TPSA) is 53.0 Å². The van der Waals surface area contributed by atoms with Gasteiger partial charge in [-0.15, -0.1) is 11.3 Å². The van der Waals surface area contributed by atoms with Crippen molar-refractivity contribution in [3.63, 3.8) is 0 Å². The molecule has 130 valence electrons. The molecule has 0 aromatic carbocycles. The summed E-state index contributed by atoms with van der Waals surface area (Å²) in [6.07, 6.45) is 0.519. The molecule has 1 aromatic heterocycles. The van der Waals surface area contributed by atoms with Gasteiger partial charge in [-0.25, -0.2) is 0 Å². The van der Waals surface area contributed by atoms with Crippen LogP contribution in [0.25, 0.3) is 0 Å². The fraction of sp³-hybridized carbons (Fsp3) is 0.706. The zero-order valence-electron chi connectivity index (χ0n) is 14.4. The van der Waals surface area contributed by atoms with Crippen LogP contribution in [0.3, 0.4) is 0 Å². The smallest absolute Gasteiger partial charge is 0.264 e. The predicted octanol–water partition coefficient (Wildman–Crippen LogP) is 1.77. The van der Waals surface area contributed by atoms with Crippen LogP contribution < -0.4 is 0 Å². The first kappa shape index (κ1) is 18.4. The molecule has 1 aliphatic heterocycles. The molecule has 1 aromatic rings. The van der Waals surface area contributed by atoms with Crippen molar-refractivity contribution in [2.24, 2.45) is 0 Å². The number of carbonyl (C=O) groups is 1. The maximum Gasteiger partial charge on any atom is 0.264 e. The Kier molecular flexibility index (Phi) is 7.02. The van der Waals surface area contributed by atoms with E-state index >= 15 is 0 Å². The quantitative estimate of drug-likeness (QED) is 0.822. The summed E-state index contributed by atoms with van der Waals surface area (Å²) in [5, 5.41) is 9.90. The number of carbonyl (C=O) groups excluding carboxylic acids is 1. The third-order valence-corrected chi connectivity index (χ3v) is 5.34. The molecule has 0 radical (unpaired) electrons. The first-order valence-corrected chi connectivity index (χ1v) is 9.23. The SMILES string of the molecule is CCOC[C@H](O)CN1CCN(C(=O)c2cc(CC)c(C)s2)CC1. The Labute approximate surface area is 142 Å². The van der Waals surface area contributed by atoms with E-state index in [0.29, 0.717) is 19.8 Å². The van der Waals surface area contributed by atoms with Crippen LogP contribution in [0.15, 0.2) is 6.07 Å². The number of nitrogens with zero attached hydrogens (tertiary/aromatic N) is 2. The lowest BCUT2D eigenvalue weighted by atomic mass is 10.2. The molecule has 1 fully saturated rings. The molecule has 1 saturated heterocycles. The van der Waals surface area contributed by atoms with Gasteiger partial charge in [0.15, 0.2) is 0 Å². The second-order valence-electron chi connectivity index (χ2n) is 5.95. The van der Waals surface area contributed by atoms with Gasteiger partial charge in [0.05, 0.1) is 17.6 Å². The Morgan fingerprint density at radius 1 is 1.35 bits per heavy atom. The van der Waals surface area contributed by atoms with Crippen molar-refractivity contribution in [2.45, 2.75) is 33.3 Å². The third kappa shape index (κ3) is 5.01. The van der Waals surface area contributed by atoms with E-state index < -0.39 is 6.10 Å². The van der Waals surface area contributed by atoms with Gasteiger partial charge in [0.25, 0.3) is 5.91 Å². The number of hydrogen-bond donors (Lipinski definition) is 1. The fourth-order valence-electron chi connectivity index (χ4n) is 2.87. The van der Waals surface area contributed by atoms with Crippen molar-refractivity contribution in [2.75, 3.05) is 45.9 Å². The van der Waals surface area contributed by atoms with Crippen molar-refractivity contribution in [1.29, 1.82) is 0 Å². The van der Waals surface area contributed by atoms with Gasteiger partial charge >= 0.3 is 0 Å². The van der Waals surface area contributed by atoms with Crippen LogP contribution >= 0.6 is 11.3 Å². The van der Waals surface area contributed by atoms with Gasteiger partial charge in [0.2, 0.25) is 0 Å². The maximum atomic E-state index is 12.6. The highest BCUT2D eigenvalue weighted by Crippen LogP contribution is 2.23. The molecular weight excluding hydrogens is 312 g/mol. The summed E-state index contributed by atoms with van der Waals surface area (Å²) < 4.78 is 5.24. The number of ether oxygens (including phenoxy) is 1. The number of amides is 1. The van der Waals surface area contributed by atoms with Crippen molar-refractivity contribution >= 4 is 17.2 Å². The predicted molar refractivity (Wildman–Crippen MR) is 93.3 cm³/mol. The van der Waals surface area contributed by atoms with Crippen LogP contribution in [0.4, 0.5) is 0 Å². The first-order chi connectivity index (χ1) is 11.0. The number of rotatable bonds is 7. The monoisotopic (exact) mass is 340 g/mol. The van der Waals surface area contributed by atoms with Gasteiger partial charge in [0, 0.05) is 44.2 Å². The number of β-amino-alcohol motifs (C(OH)–C–C–N with tert-alkyl or cyclic N) is 1. The molecule has 2 rings (SSSR count). The highest BCUT2D eigenvalue weighted by Gasteiger charge is 2.24. The molecular formula is C17H28N2O3S. The van der Waals surface area contributed by atoms with Crippen molar-refractivity contribution in [3.8, 4) is 0 Å². The van der Waals surface area contributed by atoms with Gasteiger partial charge in [0.1, 0.15) is 0 Å². The lowest BCUT2D eigenvalue weighted by molar-refractivity contribution is 0.0112. The molecule has 0 bridgehead atoms. The molecule has 1 N–H and O–H groups in total. The van der Waals surface area contributed by atoms with E-state index in [2.05, 4.69) is 18.7 Å². The highest BCUT2D eigenvalue weighted by atomic mass is 32.1. The summed E-state index contributed by atoms with van der Waals surface area (Å²) in [6, 6.07) is 2.04. The van der Waals surface area contributed by atoms with Crippen molar-refractivity contribution in [1.82, 2.24) is 9.80 Å². The van der Waals surface area contributed by atoms with E-state index in [1.165, 1.54) is 10.4 Å². The average Bonchev–Trinajstić information content (AvgIpc) is 2.94. The van der Waals surface area contributed by atoms with Crippen LogP contribution in [0.2, 0.25) is 0 Å². The van der Waals surface area contributed by atoms with Crippen molar-refractivity contribution in [3.05, 3.63) is 21.4 Å². The zero-order valence-corrected chi connectivity index (χ0v) is 15.2. The zero-order chi connectivity index (χ0) is 16.8. The first-order valence-electron chi connectivity index (χ1n) is 8.41. The minimum Gasteiger partial charge on any atom is -0.389 e. The molecule has 5 nitrogen and oxygen atoms in total. The van der Waals surface area contributed by atoms with E-state index in [0.717, 1.165) is 37.5 Å². The largest absolute Gasteiger partial charge is 0.389 e. The van der Waals surface area contributed by atoms with Crippen LogP contribution in [0.1, 0.15) is 34.0 Å². The minimum atomic E-state index is -0.454. The van der Waals surface area contributed by atoms with E-state index in [9.17, 15) is 9.90 Å². The molecule has 0 unspecified atom stereocenters. The normalized spacial score (nSPS) is 17.5. The standard InChI is InChI=1S/C17H28N2O3S/c1-4-14-10-16(23-13(14)3)17(21)19-8-6-18(7-9-19)11-15(20)12-22-5-2/h10,15,20H,4-9,11-12H2,1-3H3/t15-/m1/s1. The lowest BCUT2D eigenvalue weighted by Gasteiger charge is -2.35. The number of piperazine rings is 1. The van der Waals surface area contributed by atoms with E-state index in [-0.39, 0.29) is 5.91 Å². The minimum absolute atomic E-state index is 0.146. The van der Waals surface area contributed by atoms with Crippen LogP contribution in [-0.4, -0.2) is 72.9 Å². The highest BCUT2D eigenvalue weighted by molar-refractivity contribution is 7.14. The maximum absolute atomic E-state index is 12.6. The summed E-state index contributed by atoms with van der Waals surface area (Å²) in [6.45, 7) is 10.8. The van der Waals surface area contributed by atoms with Gasteiger partial charge in [-0.3, -0.25) is 9.69 Å². The van der Waals surface area contributed by atoms with Crippen LogP contribution in [0, 0.1) is 6.92 Å². The van der Waals surface area contributed by atoms with E-state index in [1.807, 2.05) is 17.9 Å². The van der Waals surface area contributed by atoms with E-state index in [1.54, 1.807) is 11.3 Å². The third-order valence-electron chi connectivity index (χ3n) is 4.26. The van der Waals surface area contributed by atoms with Gasteiger partial charge in [-0.05, 0) is 31.9 Å². The number of aryl methyl sites for hydroxylation is 2. The Morgan fingerprint density at radius 2 is 2.04 bits per heavy atom. The summed E-state index contributed by atoms with van der Waals surface area (Å²) in [5.41, 5.74) is 1.27. The molecule has 1 amide bonds. The Bertz CT molecular complexity index is 510. The number of aliphatic hydroxyl groups excluding tert-OH is 1. The molecule has 2 heterocycles. The Morgan fingerprint density at radius 3 is 2.61 bits per heavy atom. The number of hydrogen-bond acceptors (Lipinski definition) is 5. The van der Waals surface area contributed by atoms with Gasteiger partial charge in [-0.1, -0.05) is 6.92 Å². The van der Waals surface area contributed by atoms with Gasteiger partial charge in [-0.2, -0.15) is 0 Å².